The molecular formula is C14H20IN. The van der Waals surface area contributed by atoms with Crippen molar-refractivity contribution in [1.82, 2.24) is 0 Å². The standard InChI is InChI=1S/C14H20IN/c1-11-2-4-12(5-3-11)10-16-14-8-6-13(15)7-9-14/h6-9,11-12,16H,2-5,10H2,1H3. The van der Waals surface area contributed by atoms with Gasteiger partial charge in [-0.05, 0) is 71.5 Å². The average Bonchev–Trinajstić information content (AvgIpc) is 2.30. The Labute approximate surface area is 112 Å². The molecule has 16 heavy (non-hydrogen) atoms. The predicted molar refractivity (Wildman–Crippen MR) is 78.8 cm³/mol. The van der Waals surface area contributed by atoms with Crippen LogP contribution in [0, 0.1) is 15.4 Å². The molecule has 1 fully saturated rings. The second kappa shape index (κ2) is 5.89. The van der Waals surface area contributed by atoms with Gasteiger partial charge in [-0.2, -0.15) is 0 Å². The lowest BCUT2D eigenvalue weighted by Gasteiger charge is -2.26. The Kier molecular flexibility index (Phi) is 4.50. The van der Waals surface area contributed by atoms with Crippen molar-refractivity contribution in [1.29, 1.82) is 0 Å². The first-order valence-corrected chi connectivity index (χ1v) is 7.31. The van der Waals surface area contributed by atoms with E-state index in [0.29, 0.717) is 0 Å². The highest BCUT2D eigenvalue weighted by molar-refractivity contribution is 14.1. The zero-order chi connectivity index (χ0) is 11.4. The van der Waals surface area contributed by atoms with Crippen LogP contribution < -0.4 is 5.32 Å². The second-order valence-electron chi connectivity index (χ2n) is 5.01. The normalized spacial score (nSPS) is 25.4. The molecule has 1 aromatic carbocycles. The molecule has 0 atom stereocenters. The zero-order valence-corrected chi connectivity index (χ0v) is 12.0. The van der Waals surface area contributed by atoms with E-state index in [0.717, 1.165) is 18.4 Å². The van der Waals surface area contributed by atoms with Gasteiger partial charge in [0.2, 0.25) is 0 Å². The summed E-state index contributed by atoms with van der Waals surface area (Å²) in [6.07, 6.45) is 5.63. The number of halogens is 1. The lowest BCUT2D eigenvalue weighted by Crippen LogP contribution is -2.20. The van der Waals surface area contributed by atoms with Gasteiger partial charge in [0.05, 0.1) is 0 Å². The Bertz CT molecular complexity index is 312. The van der Waals surface area contributed by atoms with Crippen LogP contribution in [-0.2, 0) is 0 Å². The summed E-state index contributed by atoms with van der Waals surface area (Å²) >= 11 is 2.34. The van der Waals surface area contributed by atoms with Gasteiger partial charge in [0.15, 0.2) is 0 Å². The van der Waals surface area contributed by atoms with Crippen molar-refractivity contribution in [3.63, 3.8) is 0 Å². The molecule has 0 heterocycles. The maximum atomic E-state index is 3.55. The van der Waals surface area contributed by atoms with Gasteiger partial charge >= 0.3 is 0 Å². The van der Waals surface area contributed by atoms with Gasteiger partial charge in [0.1, 0.15) is 0 Å². The van der Waals surface area contributed by atoms with Gasteiger partial charge in [0, 0.05) is 15.8 Å². The molecule has 1 saturated carbocycles. The fraction of sp³-hybridized carbons (Fsp3) is 0.571. The molecule has 0 unspecified atom stereocenters. The number of anilines is 1. The monoisotopic (exact) mass is 329 g/mol. The Balaban J connectivity index is 1.77. The van der Waals surface area contributed by atoms with E-state index in [4.69, 9.17) is 0 Å². The molecule has 0 aromatic heterocycles. The van der Waals surface area contributed by atoms with Crippen molar-refractivity contribution in [2.24, 2.45) is 11.8 Å². The fourth-order valence-electron chi connectivity index (χ4n) is 2.36. The summed E-state index contributed by atoms with van der Waals surface area (Å²) in [7, 11) is 0. The maximum absolute atomic E-state index is 3.55. The summed E-state index contributed by atoms with van der Waals surface area (Å²) in [4.78, 5) is 0. The molecule has 0 bridgehead atoms. The van der Waals surface area contributed by atoms with E-state index in [2.05, 4.69) is 59.1 Å². The summed E-state index contributed by atoms with van der Waals surface area (Å²) in [5, 5.41) is 3.55. The SMILES string of the molecule is CC1CCC(CNc2ccc(I)cc2)CC1. The minimum atomic E-state index is 0.885. The van der Waals surface area contributed by atoms with E-state index >= 15 is 0 Å². The third-order valence-corrected chi connectivity index (χ3v) is 4.29. The average molecular weight is 329 g/mol. The van der Waals surface area contributed by atoms with Crippen LogP contribution in [0.1, 0.15) is 32.6 Å². The minimum Gasteiger partial charge on any atom is -0.385 e. The van der Waals surface area contributed by atoms with Crippen LogP contribution in [-0.4, -0.2) is 6.54 Å². The quantitative estimate of drug-likeness (QED) is 0.804. The van der Waals surface area contributed by atoms with E-state index in [1.165, 1.54) is 34.9 Å². The summed E-state index contributed by atoms with van der Waals surface area (Å²) in [6, 6.07) is 8.66. The molecule has 0 saturated heterocycles. The van der Waals surface area contributed by atoms with Gasteiger partial charge < -0.3 is 5.32 Å². The molecule has 2 rings (SSSR count). The van der Waals surface area contributed by atoms with Crippen LogP contribution >= 0.6 is 22.6 Å². The molecule has 1 aromatic rings. The van der Waals surface area contributed by atoms with Gasteiger partial charge in [-0.3, -0.25) is 0 Å². The molecule has 1 aliphatic rings. The Hall–Kier alpha value is -0.250. The van der Waals surface area contributed by atoms with Crippen molar-refractivity contribution < 1.29 is 0 Å². The number of rotatable bonds is 3. The molecule has 0 amide bonds. The smallest absolute Gasteiger partial charge is 0.0340 e. The summed E-state index contributed by atoms with van der Waals surface area (Å²) in [6.45, 7) is 3.52. The van der Waals surface area contributed by atoms with E-state index < -0.39 is 0 Å². The predicted octanol–water partition coefficient (Wildman–Crippen LogP) is 4.53. The van der Waals surface area contributed by atoms with E-state index in [1.54, 1.807) is 0 Å². The van der Waals surface area contributed by atoms with Crippen LogP contribution in [0.25, 0.3) is 0 Å². The lowest BCUT2D eigenvalue weighted by atomic mass is 9.83. The van der Waals surface area contributed by atoms with Gasteiger partial charge in [-0.25, -0.2) is 0 Å². The Morgan fingerprint density at radius 3 is 2.38 bits per heavy atom. The van der Waals surface area contributed by atoms with Crippen LogP contribution in [0.15, 0.2) is 24.3 Å². The number of hydrogen-bond acceptors (Lipinski definition) is 1. The molecule has 1 nitrogen and oxygen atoms in total. The van der Waals surface area contributed by atoms with Crippen LogP contribution in [0.4, 0.5) is 5.69 Å². The van der Waals surface area contributed by atoms with E-state index in [9.17, 15) is 0 Å². The Morgan fingerprint density at radius 2 is 1.75 bits per heavy atom. The molecule has 0 radical (unpaired) electrons. The molecule has 1 aliphatic carbocycles. The third-order valence-electron chi connectivity index (χ3n) is 3.57. The van der Waals surface area contributed by atoms with Crippen molar-refractivity contribution in [2.75, 3.05) is 11.9 Å². The van der Waals surface area contributed by atoms with Gasteiger partial charge in [-0.1, -0.05) is 19.8 Å². The minimum absolute atomic E-state index is 0.885. The zero-order valence-electron chi connectivity index (χ0n) is 9.88. The van der Waals surface area contributed by atoms with Gasteiger partial charge in [-0.15, -0.1) is 0 Å². The van der Waals surface area contributed by atoms with Crippen molar-refractivity contribution >= 4 is 28.3 Å². The first-order valence-electron chi connectivity index (χ1n) is 6.23. The highest BCUT2D eigenvalue weighted by atomic mass is 127. The molecule has 1 N–H and O–H groups in total. The number of nitrogens with one attached hydrogen (secondary N) is 1. The second-order valence-corrected chi connectivity index (χ2v) is 6.26. The lowest BCUT2D eigenvalue weighted by molar-refractivity contribution is 0.300. The van der Waals surface area contributed by atoms with E-state index in [1.807, 2.05) is 0 Å². The fourth-order valence-corrected chi connectivity index (χ4v) is 2.72. The third kappa shape index (κ3) is 3.65. The molecule has 0 aliphatic heterocycles. The largest absolute Gasteiger partial charge is 0.385 e. The van der Waals surface area contributed by atoms with Crippen LogP contribution in [0.3, 0.4) is 0 Å². The molecule has 2 heteroatoms. The van der Waals surface area contributed by atoms with Crippen LogP contribution in [0.5, 0.6) is 0 Å². The van der Waals surface area contributed by atoms with E-state index in [-0.39, 0.29) is 0 Å². The molecular weight excluding hydrogens is 309 g/mol. The summed E-state index contributed by atoms with van der Waals surface area (Å²) in [5.41, 5.74) is 1.26. The topological polar surface area (TPSA) is 12.0 Å². The first-order chi connectivity index (χ1) is 7.74. The number of hydrogen-bond donors (Lipinski definition) is 1. The highest BCUT2D eigenvalue weighted by Crippen LogP contribution is 2.28. The van der Waals surface area contributed by atoms with Crippen molar-refractivity contribution in [3.8, 4) is 0 Å². The summed E-state index contributed by atoms with van der Waals surface area (Å²) in [5.74, 6) is 1.84. The van der Waals surface area contributed by atoms with Gasteiger partial charge in [0.25, 0.3) is 0 Å². The highest BCUT2D eigenvalue weighted by Gasteiger charge is 2.17. The summed E-state index contributed by atoms with van der Waals surface area (Å²) < 4.78 is 1.30. The first kappa shape index (κ1) is 12.2. The molecule has 88 valence electrons. The Morgan fingerprint density at radius 1 is 1.12 bits per heavy atom. The van der Waals surface area contributed by atoms with Crippen molar-refractivity contribution in [2.45, 2.75) is 32.6 Å². The molecule has 0 spiro atoms. The maximum Gasteiger partial charge on any atom is 0.0340 e. The van der Waals surface area contributed by atoms with Crippen LogP contribution in [0.2, 0.25) is 0 Å². The van der Waals surface area contributed by atoms with Crippen molar-refractivity contribution in [3.05, 3.63) is 27.8 Å². The number of benzene rings is 1.